The summed E-state index contributed by atoms with van der Waals surface area (Å²) in [5.74, 6) is 1.89. The van der Waals surface area contributed by atoms with E-state index in [4.69, 9.17) is 5.73 Å². The SMILES string of the molecule is CCc1nc(CC)n(-c2ccc(C(C)N)cc2)n1. The quantitative estimate of drug-likeness (QED) is 0.898. The molecule has 1 aromatic heterocycles. The maximum absolute atomic E-state index is 5.85. The largest absolute Gasteiger partial charge is 0.324 e. The summed E-state index contributed by atoms with van der Waals surface area (Å²) in [4.78, 5) is 4.51. The molecular formula is C14H20N4. The number of benzene rings is 1. The van der Waals surface area contributed by atoms with Crippen LogP contribution in [0, 0.1) is 0 Å². The summed E-state index contributed by atoms with van der Waals surface area (Å²) in [6.45, 7) is 6.14. The molecular weight excluding hydrogens is 224 g/mol. The van der Waals surface area contributed by atoms with Crippen molar-refractivity contribution in [1.29, 1.82) is 0 Å². The van der Waals surface area contributed by atoms with E-state index in [1.807, 2.05) is 35.9 Å². The first-order chi connectivity index (χ1) is 8.65. The highest BCUT2D eigenvalue weighted by molar-refractivity contribution is 5.35. The fraction of sp³-hybridized carbons (Fsp3) is 0.429. The number of hydrogen-bond donors (Lipinski definition) is 1. The van der Waals surface area contributed by atoms with Gasteiger partial charge >= 0.3 is 0 Å². The molecule has 0 radical (unpaired) electrons. The summed E-state index contributed by atoms with van der Waals surface area (Å²) in [5, 5.41) is 4.52. The number of nitrogens with zero attached hydrogens (tertiary/aromatic N) is 3. The van der Waals surface area contributed by atoms with Crippen LogP contribution in [0.5, 0.6) is 0 Å². The lowest BCUT2D eigenvalue weighted by atomic mass is 10.1. The lowest BCUT2D eigenvalue weighted by molar-refractivity contribution is 0.784. The molecule has 0 amide bonds. The van der Waals surface area contributed by atoms with Crippen molar-refractivity contribution < 1.29 is 0 Å². The fourth-order valence-corrected chi connectivity index (χ4v) is 1.90. The van der Waals surface area contributed by atoms with Crippen molar-refractivity contribution >= 4 is 0 Å². The van der Waals surface area contributed by atoms with Gasteiger partial charge in [-0.25, -0.2) is 9.67 Å². The van der Waals surface area contributed by atoms with E-state index in [-0.39, 0.29) is 6.04 Å². The maximum Gasteiger partial charge on any atom is 0.151 e. The lowest BCUT2D eigenvalue weighted by Crippen LogP contribution is -2.06. The van der Waals surface area contributed by atoms with E-state index in [0.29, 0.717) is 0 Å². The van der Waals surface area contributed by atoms with Gasteiger partial charge in [0.25, 0.3) is 0 Å². The molecule has 2 rings (SSSR count). The van der Waals surface area contributed by atoms with Gasteiger partial charge in [0.05, 0.1) is 5.69 Å². The molecule has 4 nitrogen and oxygen atoms in total. The van der Waals surface area contributed by atoms with Crippen LogP contribution < -0.4 is 5.73 Å². The Morgan fingerprint density at radius 1 is 1.17 bits per heavy atom. The first-order valence-corrected chi connectivity index (χ1v) is 6.46. The molecule has 0 bridgehead atoms. The molecule has 0 aliphatic rings. The monoisotopic (exact) mass is 244 g/mol. The summed E-state index contributed by atoms with van der Waals surface area (Å²) in [6, 6.07) is 8.25. The summed E-state index contributed by atoms with van der Waals surface area (Å²) in [6.07, 6.45) is 1.74. The summed E-state index contributed by atoms with van der Waals surface area (Å²) >= 11 is 0. The van der Waals surface area contributed by atoms with Crippen molar-refractivity contribution in [3.63, 3.8) is 0 Å². The van der Waals surface area contributed by atoms with Crippen LogP contribution in [-0.2, 0) is 12.8 Å². The summed E-state index contributed by atoms with van der Waals surface area (Å²) in [7, 11) is 0. The Labute approximate surface area is 108 Å². The normalized spacial score (nSPS) is 12.7. The first kappa shape index (κ1) is 12.8. The van der Waals surface area contributed by atoms with Crippen LogP contribution in [0.2, 0.25) is 0 Å². The van der Waals surface area contributed by atoms with E-state index in [1.54, 1.807) is 0 Å². The van der Waals surface area contributed by atoms with Crippen molar-refractivity contribution in [3.8, 4) is 5.69 Å². The van der Waals surface area contributed by atoms with Gasteiger partial charge in [0.1, 0.15) is 5.82 Å². The molecule has 0 saturated heterocycles. The highest BCUT2D eigenvalue weighted by Crippen LogP contribution is 2.15. The van der Waals surface area contributed by atoms with Crippen LogP contribution in [0.25, 0.3) is 5.69 Å². The average molecular weight is 244 g/mol. The highest BCUT2D eigenvalue weighted by Gasteiger charge is 2.09. The van der Waals surface area contributed by atoms with Crippen molar-refractivity contribution in [1.82, 2.24) is 14.8 Å². The Bertz CT molecular complexity index is 511. The van der Waals surface area contributed by atoms with E-state index in [2.05, 4.69) is 23.9 Å². The predicted molar refractivity (Wildman–Crippen MR) is 72.7 cm³/mol. The van der Waals surface area contributed by atoms with Crippen molar-refractivity contribution in [2.75, 3.05) is 0 Å². The second-order valence-corrected chi connectivity index (χ2v) is 4.44. The number of rotatable bonds is 4. The third kappa shape index (κ3) is 2.43. The maximum atomic E-state index is 5.85. The predicted octanol–water partition coefficient (Wildman–Crippen LogP) is 2.41. The Morgan fingerprint density at radius 3 is 2.33 bits per heavy atom. The summed E-state index contributed by atoms with van der Waals surface area (Å²) in [5.41, 5.74) is 8.03. The van der Waals surface area contributed by atoms with Gasteiger partial charge in [-0.15, -0.1) is 0 Å². The van der Waals surface area contributed by atoms with E-state index in [0.717, 1.165) is 35.7 Å². The van der Waals surface area contributed by atoms with Crippen LogP contribution in [0.15, 0.2) is 24.3 Å². The van der Waals surface area contributed by atoms with Crippen LogP contribution in [0.3, 0.4) is 0 Å². The number of nitrogens with two attached hydrogens (primary N) is 1. The van der Waals surface area contributed by atoms with Gasteiger partial charge in [-0.2, -0.15) is 5.10 Å². The number of hydrogen-bond acceptors (Lipinski definition) is 3. The molecule has 0 fully saturated rings. The fourth-order valence-electron chi connectivity index (χ4n) is 1.90. The van der Waals surface area contributed by atoms with Gasteiger partial charge in [-0.05, 0) is 24.6 Å². The molecule has 1 aromatic carbocycles. The second kappa shape index (κ2) is 5.31. The minimum atomic E-state index is 0.0617. The molecule has 1 unspecified atom stereocenters. The van der Waals surface area contributed by atoms with Gasteiger partial charge in [-0.3, -0.25) is 0 Å². The summed E-state index contributed by atoms with van der Waals surface area (Å²) < 4.78 is 1.92. The van der Waals surface area contributed by atoms with E-state index >= 15 is 0 Å². The topological polar surface area (TPSA) is 56.7 Å². The zero-order valence-electron chi connectivity index (χ0n) is 11.2. The molecule has 0 spiro atoms. The minimum Gasteiger partial charge on any atom is -0.324 e. The van der Waals surface area contributed by atoms with Crippen LogP contribution in [-0.4, -0.2) is 14.8 Å². The molecule has 0 saturated carbocycles. The van der Waals surface area contributed by atoms with Gasteiger partial charge < -0.3 is 5.73 Å². The Balaban J connectivity index is 2.38. The first-order valence-electron chi connectivity index (χ1n) is 6.46. The lowest BCUT2D eigenvalue weighted by Gasteiger charge is -2.08. The van der Waals surface area contributed by atoms with Crippen LogP contribution >= 0.6 is 0 Å². The number of aromatic nitrogens is 3. The van der Waals surface area contributed by atoms with Crippen molar-refractivity contribution in [3.05, 3.63) is 41.5 Å². The average Bonchev–Trinajstić information content (AvgIpc) is 2.82. The highest BCUT2D eigenvalue weighted by atomic mass is 15.3. The van der Waals surface area contributed by atoms with Gasteiger partial charge in [-0.1, -0.05) is 26.0 Å². The zero-order chi connectivity index (χ0) is 13.1. The minimum absolute atomic E-state index is 0.0617. The zero-order valence-corrected chi connectivity index (χ0v) is 11.2. The van der Waals surface area contributed by atoms with Crippen molar-refractivity contribution in [2.45, 2.75) is 39.7 Å². The van der Waals surface area contributed by atoms with E-state index < -0.39 is 0 Å². The Hall–Kier alpha value is -1.68. The molecule has 4 heteroatoms. The Morgan fingerprint density at radius 2 is 1.83 bits per heavy atom. The molecule has 2 N–H and O–H groups in total. The standard InChI is InChI=1S/C14H20N4/c1-4-13-16-14(5-2)18(17-13)12-8-6-11(7-9-12)10(3)15/h6-10H,4-5,15H2,1-3H3. The third-order valence-electron chi connectivity index (χ3n) is 3.01. The third-order valence-corrected chi connectivity index (χ3v) is 3.01. The van der Waals surface area contributed by atoms with Crippen molar-refractivity contribution in [2.24, 2.45) is 5.73 Å². The molecule has 0 aliphatic heterocycles. The van der Waals surface area contributed by atoms with Crippen LogP contribution in [0.4, 0.5) is 0 Å². The molecule has 96 valence electrons. The van der Waals surface area contributed by atoms with E-state index in [9.17, 15) is 0 Å². The van der Waals surface area contributed by atoms with Gasteiger partial charge in [0.2, 0.25) is 0 Å². The Kier molecular flexibility index (Phi) is 3.77. The molecule has 18 heavy (non-hydrogen) atoms. The van der Waals surface area contributed by atoms with Gasteiger partial charge in [0, 0.05) is 18.9 Å². The molecule has 1 atom stereocenters. The smallest absolute Gasteiger partial charge is 0.151 e. The molecule has 0 aliphatic carbocycles. The van der Waals surface area contributed by atoms with E-state index in [1.165, 1.54) is 0 Å². The second-order valence-electron chi connectivity index (χ2n) is 4.44. The molecule has 2 aromatic rings. The van der Waals surface area contributed by atoms with Gasteiger partial charge in [0.15, 0.2) is 5.82 Å². The number of aryl methyl sites for hydroxylation is 2. The molecule has 1 heterocycles. The van der Waals surface area contributed by atoms with Crippen LogP contribution in [0.1, 0.15) is 44.0 Å².